The molecule has 0 spiro atoms. The normalized spacial score (nSPS) is 19.2. The van der Waals surface area contributed by atoms with E-state index in [1.54, 1.807) is 0 Å². The number of benzene rings is 1. The highest BCUT2D eigenvalue weighted by atomic mass is 32.2. The summed E-state index contributed by atoms with van der Waals surface area (Å²) in [7, 11) is -1.61. The Labute approximate surface area is 102 Å². The molecule has 0 heterocycles. The van der Waals surface area contributed by atoms with Crippen LogP contribution in [0.5, 0.6) is 0 Å². The molecule has 5 heteroatoms. The number of hydrogen-bond donors (Lipinski definition) is 1. The molecule has 1 fully saturated rings. The Morgan fingerprint density at radius 2 is 1.65 bits per heavy atom. The van der Waals surface area contributed by atoms with Gasteiger partial charge in [0.25, 0.3) is 0 Å². The molecule has 0 aromatic heterocycles. The van der Waals surface area contributed by atoms with E-state index in [0.717, 1.165) is 44.2 Å². The minimum absolute atomic E-state index is 0.0180. The van der Waals surface area contributed by atoms with Crippen LogP contribution in [0, 0.1) is 11.6 Å². The molecule has 2 N–H and O–H groups in total. The van der Waals surface area contributed by atoms with Crippen LogP contribution in [-0.4, -0.2) is 9.46 Å². The minimum atomic E-state index is -1.61. The van der Waals surface area contributed by atoms with Crippen molar-refractivity contribution in [1.82, 2.24) is 0 Å². The second-order valence-corrected chi connectivity index (χ2v) is 6.04. The summed E-state index contributed by atoms with van der Waals surface area (Å²) in [6.45, 7) is 0. The topological polar surface area (TPSA) is 43.1 Å². The van der Waals surface area contributed by atoms with E-state index in [9.17, 15) is 13.0 Å². The van der Waals surface area contributed by atoms with E-state index in [1.165, 1.54) is 0 Å². The van der Waals surface area contributed by atoms with Crippen LogP contribution in [0.3, 0.4) is 0 Å². The van der Waals surface area contributed by atoms with Crippen LogP contribution in [-0.2, 0) is 10.8 Å². The second-order valence-electron chi connectivity index (χ2n) is 4.37. The van der Waals surface area contributed by atoms with Gasteiger partial charge in [0.2, 0.25) is 0 Å². The van der Waals surface area contributed by atoms with Gasteiger partial charge in [0.05, 0.1) is 10.8 Å². The first-order valence-electron chi connectivity index (χ1n) is 5.74. The molecular weight excluding hydrogens is 244 g/mol. The summed E-state index contributed by atoms with van der Waals surface area (Å²) in [6.07, 6.45) is 4.62. The molecule has 0 radical (unpaired) electrons. The average Bonchev–Trinajstić information content (AvgIpc) is 2.28. The average molecular weight is 259 g/mol. The van der Waals surface area contributed by atoms with Crippen molar-refractivity contribution in [2.45, 2.75) is 42.2 Å². The Bertz CT molecular complexity index is 421. The zero-order valence-electron chi connectivity index (χ0n) is 9.42. The fraction of sp³-hybridized carbons (Fsp3) is 0.500. The first-order chi connectivity index (χ1) is 8.09. The van der Waals surface area contributed by atoms with Crippen LogP contribution in [0.15, 0.2) is 17.0 Å². The van der Waals surface area contributed by atoms with Crippen molar-refractivity contribution in [3.63, 3.8) is 0 Å². The van der Waals surface area contributed by atoms with Gasteiger partial charge in [-0.3, -0.25) is 4.21 Å². The number of nitrogens with two attached hydrogens (primary N) is 1. The van der Waals surface area contributed by atoms with Crippen molar-refractivity contribution >= 4 is 16.5 Å². The van der Waals surface area contributed by atoms with Gasteiger partial charge in [-0.15, -0.1) is 0 Å². The molecule has 1 unspecified atom stereocenters. The van der Waals surface area contributed by atoms with Crippen LogP contribution in [0.2, 0.25) is 0 Å². The molecule has 2 rings (SSSR count). The third-order valence-electron chi connectivity index (χ3n) is 3.08. The largest absolute Gasteiger partial charge is 0.399 e. The Kier molecular flexibility index (Phi) is 3.76. The summed E-state index contributed by atoms with van der Waals surface area (Å²) < 4.78 is 39.4. The molecule has 1 aliphatic carbocycles. The Morgan fingerprint density at radius 1 is 1.12 bits per heavy atom. The highest BCUT2D eigenvalue weighted by molar-refractivity contribution is 7.85. The first-order valence-corrected chi connectivity index (χ1v) is 6.96. The lowest BCUT2D eigenvalue weighted by Gasteiger charge is -2.21. The zero-order chi connectivity index (χ0) is 12.4. The van der Waals surface area contributed by atoms with Crippen molar-refractivity contribution in [3.8, 4) is 0 Å². The standard InChI is InChI=1S/C12H15F2NOS/c13-10-6-8(15)7-11(14)12(10)17(16)9-4-2-1-3-5-9/h6-7,9H,1-5,15H2. The van der Waals surface area contributed by atoms with E-state index in [-0.39, 0.29) is 15.8 Å². The summed E-state index contributed by atoms with van der Waals surface area (Å²) in [6, 6.07) is 2.05. The van der Waals surface area contributed by atoms with Crippen LogP contribution < -0.4 is 5.73 Å². The quantitative estimate of drug-likeness (QED) is 0.830. The third-order valence-corrected chi connectivity index (χ3v) is 4.95. The lowest BCUT2D eigenvalue weighted by molar-refractivity contribution is 0.495. The van der Waals surface area contributed by atoms with Crippen LogP contribution in [0.1, 0.15) is 32.1 Å². The van der Waals surface area contributed by atoms with E-state index in [4.69, 9.17) is 5.73 Å². The second kappa shape index (κ2) is 5.12. The summed E-state index contributed by atoms with van der Waals surface area (Å²) in [5.41, 5.74) is 5.35. The molecule has 0 saturated heterocycles. The van der Waals surface area contributed by atoms with Gasteiger partial charge in [-0.1, -0.05) is 19.3 Å². The summed E-state index contributed by atoms with van der Waals surface area (Å²) in [4.78, 5) is -0.314. The number of anilines is 1. The predicted molar refractivity (Wildman–Crippen MR) is 64.1 cm³/mol. The molecule has 1 atom stereocenters. The van der Waals surface area contributed by atoms with Crippen LogP contribution in [0.25, 0.3) is 0 Å². The summed E-state index contributed by atoms with van der Waals surface area (Å²) in [5.74, 6) is -1.60. The lowest BCUT2D eigenvalue weighted by atomic mass is 10.0. The lowest BCUT2D eigenvalue weighted by Crippen LogP contribution is -2.20. The molecular formula is C12H15F2NOS. The SMILES string of the molecule is Nc1cc(F)c(S(=O)C2CCCCC2)c(F)c1. The van der Waals surface area contributed by atoms with Crippen molar-refractivity contribution in [2.75, 3.05) is 5.73 Å². The van der Waals surface area contributed by atoms with Crippen molar-refractivity contribution in [1.29, 1.82) is 0 Å². The summed E-state index contributed by atoms with van der Waals surface area (Å²) in [5, 5.41) is -0.128. The van der Waals surface area contributed by atoms with E-state index < -0.39 is 22.4 Å². The fourth-order valence-electron chi connectivity index (χ4n) is 2.22. The molecule has 0 aliphatic heterocycles. The highest BCUT2D eigenvalue weighted by Gasteiger charge is 2.26. The molecule has 1 aliphatic rings. The molecule has 2 nitrogen and oxygen atoms in total. The van der Waals surface area contributed by atoms with Gasteiger partial charge in [-0.25, -0.2) is 8.78 Å². The van der Waals surface area contributed by atoms with Gasteiger partial charge >= 0.3 is 0 Å². The van der Waals surface area contributed by atoms with E-state index in [0.29, 0.717) is 0 Å². The molecule has 1 aromatic rings. The summed E-state index contributed by atoms with van der Waals surface area (Å²) >= 11 is 0. The van der Waals surface area contributed by atoms with Gasteiger partial charge in [0.15, 0.2) is 0 Å². The molecule has 1 aromatic carbocycles. The smallest absolute Gasteiger partial charge is 0.144 e. The van der Waals surface area contributed by atoms with Gasteiger partial charge in [0, 0.05) is 10.9 Å². The maximum Gasteiger partial charge on any atom is 0.144 e. The van der Waals surface area contributed by atoms with Gasteiger partial charge < -0.3 is 5.73 Å². The Hall–Kier alpha value is -0.970. The number of halogens is 2. The Morgan fingerprint density at radius 3 is 2.18 bits per heavy atom. The Balaban J connectivity index is 2.30. The van der Waals surface area contributed by atoms with Gasteiger partial charge in [0.1, 0.15) is 16.5 Å². The van der Waals surface area contributed by atoms with Crippen molar-refractivity contribution in [3.05, 3.63) is 23.8 Å². The molecule has 17 heavy (non-hydrogen) atoms. The number of rotatable bonds is 2. The predicted octanol–water partition coefficient (Wildman–Crippen LogP) is 2.99. The maximum absolute atomic E-state index is 13.6. The first kappa shape index (κ1) is 12.5. The monoisotopic (exact) mass is 259 g/mol. The molecule has 0 bridgehead atoms. The number of nitrogen functional groups attached to an aromatic ring is 1. The van der Waals surface area contributed by atoms with Crippen LogP contribution >= 0.6 is 0 Å². The minimum Gasteiger partial charge on any atom is -0.399 e. The third kappa shape index (κ3) is 2.65. The van der Waals surface area contributed by atoms with Crippen LogP contribution in [0.4, 0.5) is 14.5 Å². The van der Waals surface area contributed by atoms with Gasteiger partial charge in [-0.05, 0) is 25.0 Å². The molecule has 1 saturated carbocycles. The zero-order valence-corrected chi connectivity index (χ0v) is 10.2. The van der Waals surface area contributed by atoms with E-state index in [2.05, 4.69) is 0 Å². The van der Waals surface area contributed by atoms with E-state index >= 15 is 0 Å². The van der Waals surface area contributed by atoms with Crippen molar-refractivity contribution < 1.29 is 13.0 Å². The molecule has 94 valence electrons. The maximum atomic E-state index is 13.6. The fourth-order valence-corrected chi connectivity index (χ4v) is 3.81. The molecule has 0 amide bonds. The van der Waals surface area contributed by atoms with Gasteiger partial charge in [-0.2, -0.15) is 0 Å². The number of hydrogen-bond acceptors (Lipinski definition) is 2. The highest BCUT2D eigenvalue weighted by Crippen LogP contribution is 2.29. The van der Waals surface area contributed by atoms with Crippen molar-refractivity contribution in [2.24, 2.45) is 0 Å². The van der Waals surface area contributed by atoms with E-state index in [1.807, 2.05) is 0 Å².